The van der Waals surface area contributed by atoms with E-state index in [2.05, 4.69) is 20.4 Å². The van der Waals surface area contributed by atoms with Crippen LogP contribution in [0.4, 0.5) is 5.82 Å². The largest absolute Gasteiger partial charge is 0.472 e. The molecule has 0 spiro atoms. The second-order valence-electron chi connectivity index (χ2n) is 6.45. The van der Waals surface area contributed by atoms with Crippen molar-refractivity contribution in [3.05, 3.63) is 36.8 Å². The van der Waals surface area contributed by atoms with Gasteiger partial charge in [-0.3, -0.25) is 14.8 Å². The summed E-state index contributed by atoms with van der Waals surface area (Å²) in [5.41, 5.74) is 2.93. The van der Waals surface area contributed by atoms with Gasteiger partial charge in [0.25, 0.3) is 0 Å². The Morgan fingerprint density at radius 1 is 1.23 bits per heavy atom. The number of H-pyrrole nitrogens is 1. The number of nitrogens with one attached hydrogen (secondary N) is 2. The SMILES string of the molecule is O=C(CCCN1CCOCC1)Nc1n[nH]c2cc(-c3ccoc3)ccc12. The minimum absolute atomic E-state index is 0.00873. The van der Waals surface area contributed by atoms with Crippen LogP contribution in [0.25, 0.3) is 22.0 Å². The lowest BCUT2D eigenvalue weighted by atomic mass is 10.1. The van der Waals surface area contributed by atoms with E-state index >= 15 is 0 Å². The summed E-state index contributed by atoms with van der Waals surface area (Å²) >= 11 is 0. The molecule has 0 bridgehead atoms. The minimum atomic E-state index is -0.00873. The van der Waals surface area contributed by atoms with Crippen LogP contribution in [0.5, 0.6) is 0 Å². The van der Waals surface area contributed by atoms with Crippen LogP contribution in [0.15, 0.2) is 41.2 Å². The van der Waals surface area contributed by atoms with Gasteiger partial charge in [0.15, 0.2) is 5.82 Å². The lowest BCUT2D eigenvalue weighted by molar-refractivity contribution is -0.116. The van der Waals surface area contributed by atoms with Crippen LogP contribution < -0.4 is 5.32 Å². The summed E-state index contributed by atoms with van der Waals surface area (Å²) in [6.45, 7) is 4.39. The topological polar surface area (TPSA) is 83.4 Å². The summed E-state index contributed by atoms with van der Waals surface area (Å²) in [5.74, 6) is 0.570. The lowest BCUT2D eigenvalue weighted by Crippen LogP contribution is -2.37. The normalized spacial score (nSPS) is 15.4. The number of rotatable bonds is 6. The van der Waals surface area contributed by atoms with Gasteiger partial charge in [-0.25, -0.2) is 0 Å². The highest BCUT2D eigenvalue weighted by atomic mass is 16.5. The lowest BCUT2D eigenvalue weighted by Gasteiger charge is -2.26. The zero-order valence-electron chi connectivity index (χ0n) is 14.5. The predicted octanol–water partition coefficient (Wildman–Crippen LogP) is 2.87. The van der Waals surface area contributed by atoms with Gasteiger partial charge in [-0.05, 0) is 36.7 Å². The van der Waals surface area contributed by atoms with Crippen molar-refractivity contribution >= 4 is 22.6 Å². The number of nitrogens with zero attached hydrogens (tertiary/aromatic N) is 2. The van der Waals surface area contributed by atoms with Crippen LogP contribution in [-0.4, -0.2) is 53.9 Å². The van der Waals surface area contributed by atoms with E-state index in [9.17, 15) is 4.79 Å². The van der Waals surface area contributed by atoms with Crippen molar-refractivity contribution in [2.75, 3.05) is 38.2 Å². The van der Waals surface area contributed by atoms with Gasteiger partial charge in [0, 0.05) is 30.5 Å². The molecule has 26 heavy (non-hydrogen) atoms. The monoisotopic (exact) mass is 354 g/mol. The maximum absolute atomic E-state index is 12.2. The summed E-state index contributed by atoms with van der Waals surface area (Å²) in [7, 11) is 0. The van der Waals surface area contributed by atoms with E-state index in [1.165, 1.54) is 0 Å². The Morgan fingerprint density at radius 3 is 2.92 bits per heavy atom. The molecule has 7 heteroatoms. The number of hydrogen-bond acceptors (Lipinski definition) is 5. The molecule has 7 nitrogen and oxygen atoms in total. The Morgan fingerprint density at radius 2 is 2.12 bits per heavy atom. The molecule has 0 aliphatic carbocycles. The first kappa shape index (κ1) is 16.8. The van der Waals surface area contributed by atoms with Gasteiger partial charge in [-0.15, -0.1) is 0 Å². The van der Waals surface area contributed by atoms with Crippen molar-refractivity contribution in [1.82, 2.24) is 15.1 Å². The second kappa shape index (κ2) is 7.72. The molecule has 1 aliphatic heterocycles. The Kier molecular flexibility index (Phi) is 4.99. The summed E-state index contributed by atoms with van der Waals surface area (Å²) in [4.78, 5) is 14.6. The molecule has 3 aromatic rings. The molecular formula is C19H22N4O3. The van der Waals surface area contributed by atoms with Crippen LogP contribution in [-0.2, 0) is 9.53 Å². The van der Waals surface area contributed by atoms with Gasteiger partial charge in [0.1, 0.15) is 0 Å². The zero-order valence-corrected chi connectivity index (χ0v) is 14.5. The summed E-state index contributed by atoms with van der Waals surface area (Å²) in [5, 5.41) is 11.1. The third-order valence-electron chi connectivity index (χ3n) is 4.66. The highest BCUT2D eigenvalue weighted by Crippen LogP contribution is 2.27. The number of ether oxygens (including phenoxy) is 1. The molecule has 1 amide bonds. The fourth-order valence-electron chi connectivity index (χ4n) is 3.21. The standard InChI is InChI=1S/C19H22N4O3/c24-18(2-1-6-23-7-10-25-11-8-23)20-19-16-4-3-14(12-17(16)21-22-19)15-5-9-26-13-15/h3-5,9,12-13H,1-2,6-8,10-11H2,(H2,20,21,22,24). The van der Waals surface area contributed by atoms with Crippen LogP contribution in [0.2, 0.25) is 0 Å². The smallest absolute Gasteiger partial charge is 0.225 e. The van der Waals surface area contributed by atoms with E-state index in [0.29, 0.717) is 12.2 Å². The molecule has 4 rings (SSSR count). The van der Waals surface area contributed by atoms with Crippen LogP contribution in [0.1, 0.15) is 12.8 Å². The molecule has 3 heterocycles. The summed E-state index contributed by atoms with van der Waals surface area (Å²) in [6, 6.07) is 7.87. The average molecular weight is 354 g/mol. The molecule has 1 aliphatic rings. The van der Waals surface area contributed by atoms with Gasteiger partial charge in [-0.2, -0.15) is 5.10 Å². The third-order valence-corrected chi connectivity index (χ3v) is 4.66. The van der Waals surface area contributed by atoms with Crippen molar-refractivity contribution in [2.45, 2.75) is 12.8 Å². The first-order chi connectivity index (χ1) is 12.8. The molecule has 0 atom stereocenters. The van der Waals surface area contributed by atoms with E-state index in [4.69, 9.17) is 9.15 Å². The Hall–Kier alpha value is -2.64. The molecule has 136 valence electrons. The van der Waals surface area contributed by atoms with Crippen molar-refractivity contribution in [2.24, 2.45) is 0 Å². The number of aromatic amines is 1. The minimum Gasteiger partial charge on any atom is -0.472 e. The molecule has 2 aromatic heterocycles. The number of furan rings is 1. The molecular weight excluding hydrogens is 332 g/mol. The van der Waals surface area contributed by atoms with Crippen molar-refractivity contribution in [3.8, 4) is 11.1 Å². The van der Waals surface area contributed by atoms with Crippen molar-refractivity contribution < 1.29 is 13.9 Å². The molecule has 0 radical (unpaired) electrons. The van der Waals surface area contributed by atoms with Crippen molar-refractivity contribution in [3.63, 3.8) is 0 Å². The van der Waals surface area contributed by atoms with E-state index in [0.717, 1.165) is 61.3 Å². The molecule has 2 N–H and O–H groups in total. The number of morpholine rings is 1. The van der Waals surface area contributed by atoms with Gasteiger partial charge in [-0.1, -0.05) is 6.07 Å². The van der Waals surface area contributed by atoms with Gasteiger partial charge in [0.05, 0.1) is 31.3 Å². The van der Waals surface area contributed by atoms with Crippen molar-refractivity contribution in [1.29, 1.82) is 0 Å². The molecule has 1 aromatic carbocycles. The average Bonchev–Trinajstić information content (AvgIpc) is 3.33. The van der Waals surface area contributed by atoms with Gasteiger partial charge < -0.3 is 14.5 Å². The number of amides is 1. The predicted molar refractivity (Wildman–Crippen MR) is 98.9 cm³/mol. The number of carbonyl (C=O) groups excluding carboxylic acids is 1. The van der Waals surface area contributed by atoms with E-state index in [1.807, 2.05) is 24.3 Å². The number of benzene rings is 1. The fourth-order valence-corrected chi connectivity index (χ4v) is 3.21. The maximum atomic E-state index is 12.2. The molecule has 0 unspecified atom stereocenters. The van der Waals surface area contributed by atoms with Gasteiger partial charge in [0.2, 0.25) is 5.91 Å². The van der Waals surface area contributed by atoms with E-state index in [1.54, 1.807) is 12.5 Å². The quantitative estimate of drug-likeness (QED) is 0.711. The number of carbonyl (C=O) groups is 1. The number of anilines is 1. The molecule has 0 saturated carbocycles. The number of aromatic nitrogens is 2. The van der Waals surface area contributed by atoms with E-state index < -0.39 is 0 Å². The number of fused-ring (bicyclic) bond motifs is 1. The highest BCUT2D eigenvalue weighted by Gasteiger charge is 2.13. The Labute approximate surface area is 151 Å². The molecule has 1 saturated heterocycles. The first-order valence-corrected chi connectivity index (χ1v) is 8.90. The number of hydrogen-bond donors (Lipinski definition) is 2. The van der Waals surface area contributed by atoms with Crippen LogP contribution in [0, 0.1) is 0 Å². The second-order valence-corrected chi connectivity index (χ2v) is 6.45. The molecule has 1 fully saturated rings. The Balaban J connectivity index is 1.35. The summed E-state index contributed by atoms with van der Waals surface area (Å²) in [6.07, 6.45) is 4.67. The van der Waals surface area contributed by atoms with Crippen LogP contribution in [0.3, 0.4) is 0 Å². The highest BCUT2D eigenvalue weighted by molar-refractivity contribution is 6.00. The Bertz CT molecular complexity index is 866. The third kappa shape index (κ3) is 3.79. The summed E-state index contributed by atoms with van der Waals surface area (Å²) < 4.78 is 10.5. The maximum Gasteiger partial charge on any atom is 0.225 e. The zero-order chi connectivity index (χ0) is 17.8. The van der Waals surface area contributed by atoms with E-state index in [-0.39, 0.29) is 5.91 Å². The first-order valence-electron chi connectivity index (χ1n) is 8.90. The van der Waals surface area contributed by atoms with Crippen LogP contribution >= 0.6 is 0 Å². The fraction of sp³-hybridized carbons (Fsp3) is 0.368. The van der Waals surface area contributed by atoms with Gasteiger partial charge >= 0.3 is 0 Å².